The normalized spacial score (nSPS) is 20.5. The van der Waals surface area contributed by atoms with Crippen molar-refractivity contribution < 1.29 is 13.6 Å². The van der Waals surface area contributed by atoms with Crippen LogP contribution in [0.15, 0.2) is 23.5 Å². The highest BCUT2D eigenvalue weighted by atomic mass is 32.2. The lowest BCUT2D eigenvalue weighted by Gasteiger charge is -2.35. The minimum atomic E-state index is -3.17. The largest absolute Gasteiger partial charge is 0.409 e. The second kappa shape index (κ2) is 6.52. The molecule has 116 valence electrons. The molecule has 0 radical (unpaired) electrons. The maximum Gasteiger partial charge on any atom is 0.171 e. The number of hydrogen-bond acceptors (Lipinski definition) is 7. The Hall–Kier alpha value is -1.48. The van der Waals surface area contributed by atoms with Crippen molar-refractivity contribution in [1.29, 1.82) is 0 Å². The molecule has 7 nitrogen and oxygen atoms in total. The van der Waals surface area contributed by atoms with E-state index in [0.29, 0.717) is 23.7 Å². The van der Waals surface area contributed by atoms with Gasteiger partial charge in [-0.15, -0.1) is 0 Å². The lowest BCUT2D eigenvalue weighted by atomic mass is 10.2. The third kappa shape index (κ3) is 3.41. The van der Waals surface area contributed by atoms with Crippen LogP contribution in [0.4, 0.5) is 5.82 Å². The van der Waals surface area contributed by atoms with Crippen LogP contribution in [0.2, 0.25) is 0 Å². The summed E-state index contributed by atoms with van der Waals surface area (Å²) in [4.78, 5) is 6.06. The summed E-state index contributed by atoms with van der Waals surface area (Å²) in [6.45, 7) is 2.28. The van der Waals surface area contributed by atoms with Gasteiger partial charge in [-0.1, -0.05) is 12.1 Å². The zero-order valence-corrected chi connectivity index (χ0v) is 13.3. The number of nitrogens with zero attached hydrogens (tertiary/aromatic N) is 3. The fourth-order valence-electron chi connectivity index (χ4n) is 2.10. The average Bonchev–Trinajstić information content (AvgIpc) is 2.54. The number of sulfone groups is 1. The maximum atomic E-state index is 12.2. The highest BCUT2D eigenvalue weighted by Gasteiger charge is 2.33. The van der Waals surface area contributed by atoms with Gasteiger partial charge in [0.25, 0.3) is 0 Å². The maximum absolute atomic E-state index is 12.2. The molecule has 1 aliphatic rings. The molecule has 1 atom stereocenters. The smallest absolute Gasteiger partial charge is 0.171 e. The molecule has 9 heteroatoms. The summed E-state index contributed by atoms with van der Waals surface area (Å²) in [6, 6.07) is 3.36. The van der Waals surface area contributed by atoms with Crippen molar-refractivity contribution in [2.24, 2.45) is 10.9 Å². The quantitative estimate of drug-likeness (QED) is 0.358. The summed E-state index contributed by atoms with van der Waals surface area (Å²) in [7, 11) is -3.17. The van der Waals surface area contributed by atoms with E-state index in [9.17, 15) is 8.42 Å². The first-order valence-electron chi connectivity index (χ1n) is 6.49. The second-order valence-corrected chi connectivity index (χ2v) is 8.16. The summed E-state index contributed by atoms with van der Waals surface area (Å²) in [5.41, 5.74) is 5.98. The van der Waals surface area contributed by atoms with Gasteiger partial charge in [-0.2, -0.15) is 11.8 Å². The Bertz CT molecular complexity index is 616. The topological polar surface area (TPSA) is 109 Å². The Balaban J connectivity index is 2.30. The summed E-state index contributed by atoms with van der Waals surface area (Å²) in [5, 5.41) is 11.0. The lowest BCUT2D eigenvalue weighted by molar-refractivity contribution is 0.318. The third-order valence-corrected chi connectivity index (χ3v) is 6.64. The summed E-state index contributed by atoms with van der Waals surface area (Å²) >= 11 is 1.63. The van der Waals surface area contributed by atoms with Crippen LogP contribution in [-0.4, -0.2) is 53.6 Å². The molecule has 1 aromatic rings. The van der Waals surface area contributed by atoms with Crippen molar-refractivity contribution in [3.05, 3.63) is 23.9 Å². The predicted octanol–water partition coefficient (Wildman–Crippen LogP) is 0.490. The predicted molar refractivity (Wildman–Crippen MR) is 84.7 cm³/mol. The molecule has 0 spiro atoms. The molecule has 1 unspecified atom stereocenters. The molecule has 1 aromatic heterocycles. The zero-order chi connectivity index (χ0) is 15.5. The third-order valence-electron chi connectivity index (χ3n) is 3.35. The van der Waals surface area contributed by atoms with Crippen LogP contribution in [0.1, 0.15) is 12.5 Å². The molecule has 0 saturated carbocycles. The zero-order valence-electron chi connectivity index (χ0n) is 11.6. The van der Waals surface area contributed by atoms with E-state index in [2.05, 4.69) is 10.1 Å². The summed E-state index contributed by atoms with van der Waals surface area (Å²) in [6.07, 6.45) is 1.47. The van der Waals surface area contributed by atoms with Gasteiger partial charge in [0.2, 0.25) is 0 Å². The van der Waals surface area contributed by atoms with Gasteiger partial charge >= 0.3 is 0 Å². The van der Waals surface area contributed by atoms with E-state index in [1.807, 2.05) is 4.90 Å². The SMILES string of the molecule is CCS(=O)(=O)C1CSCCN1c1ccc(C(N)=NO)cn1. The number of thioether (sulfide) groups is 1. The number of pyridine rings is 1. The number of oxime groups is 1. The molecule has 2 heterocycles. The number of anilines is 1. The fourth-order valence-corrected chi connectivity index (χ4v) is 5.08. The molecule has 0 bridgehead atoms. The molecule has 1 fully saturated rings. The molecule has 1 aliphatic heterocycles. The van der Waals surface area contributed by atoms with E-state index in [1.165, 1.54) is 6.20 Å². The molecule has 21 heavy (non-hydrogen) atoms. The van der Waals surface area contributed by atoms with Gasteiger partial charge in [-0.05, 0) is 12.1 Å². The van der Waals surface area contributed by atoms with Crippen LogP contribution in [0, 0.1) is 0 Å². The Morgan fingerprint density at radius 1 is 1.62 bits per heavy atom. The Kier molecular flexibility index (Phi) is 4.94. The monoisotopic (exact) mass is 330 g/mol. The fraction of sp³-hybridized carbons (Fsp3) is 0.500. The van der Waals surface area contributed by atoms with Crippen molar-refractivity contribution in [2.75, 3.05) is 28.7 Å². The van der Waals surface area contributed by atoms with Crippen molar-refractivity contribution in [3.8, 4) is 0 Å². The van der Waals surface area contributed by atoms with Crippen LogP contribution < -0.4 is 10.6 Å². The van der Waals surface area contributed by atoms with E-state index in [1.54, 1.807) is 30.8 Å². The molecule has 0 amide bonds. The standard InChI is InChI=1S/C12H18N4O3S2/c1-2-21(18,19)11-8-20-6-5-16(11)10-4-3-9(7-14-10)12(13)15-17/h3-4,7,11,17H,2,5-6,8H2,1H3,(H2,13,15). The van der Waals surface area contributed by atoms with Crippen molar-refractivity contribution in [3.63, 3.8) is 0 Å². The molecular weight excluding hydrogens is 312 g/mol. The molecule has 1 saturated heterocycles. The minimum Gasteiger partial charge on any atom is -0.409 e. The van der Waals surface area contributed by atoms with Gasteiger partial charge in [-0.3, -0.25) is 0 Å². The van der Waals surface area contributed by atoms with Gasteiger partial charge < -0.3 is 15.8 Å². The van der Waals surface area contributed by atoms with E-state index < -0.39 is 15.2 Å². The lowest BCUT2D eigenvalue weighted by Crippen LogP contribution is -2.48. The Morgan fingerprint density at radius 3 is 2.95 bits per heavy atom. The highest BCUT2D eigenvalue weighted by Crippen LogP contribution is 2.26. The Morgan fingerprint density at radius 2 is 2.38 bits per heavy atom. The van der Waals surface area contributed by atoms with Crippen LogP contribution >= 0.6 is 11.8 Å². The van der Waals surface area contributed by atoms with Gasteiger partial charge in [0.1, 0.15) is 11.2 Å². The number of nitrogens with two attached hydrogens (primary N) is 1. The number of hydrogen-bond donors (Lipinski definition) is 2. The minimum absolute atomic E-state index is 0.0269. The Labute approximate surface area is 128 Å². The first-order valence-corrected chi connectivity index (χ1v) is 9.36. The number of amidine groups is 1. The summed E-state index contributed by atoms with van der Waals surface area (Å²) < 4.78 is 24.4. The summed E-state index contributed by atoms with van der Waals surface area (Å²) in [5.74, 6) is 2.07. The van der Waals surface area contributed by atoms with Crippen molar-refractivity contribution in [2.45, 2.75) is 12.3 Å². The highest BCUT2D eigenvalue weighted by molar-refractivity contribution is 8.01. The molecule has 0 aliphatic carbocycles. The first kappa shape index (κ1) is 15.9. The van der Waals surface area contributed by atoms with Gasteiger partial charge in [0, 0.05) is 35.6 Å². The number of rotatable bonds is 4. The van der Waals surface area contributed by atoms with Crippen LogP contribution in [0.3, 0.4) is 0 Å². The molecule has 2 rings (SSSR count). The second-order valence-electron chi connectivity index (χ2n) is 4.56. The van der Waals surface area contributed by atoms with Crippen molar-refractivity contribution in [1.82, 2.24) is 4.98 Å². The number of aromatic nitrogens is 1. The van der Waals surface area contributed by atoms with E-state index in [0.717, 1.165) is 5.75 Å². The molecular formula is C12H18N4O3S2. The van der Waals surface area contributed by atoms with E-state index >= 15 is 0 Å². The molecule has 0 aromatic carbocycles. The van der Waals surface area contributed by atoms with Gasteiger partial charge in [0.15, 0.2) is 15.7 Å². The average molecular weight is 330 g/mol. The van der Waals surface area contributed by atoms with Crippen LogP contribution in [0.25, 0.3) is 0 Å². The van der Waals surface area contributed by atoms with E-state index in [4.69, 9.17) is 10.9 Å². The van der Waals surface area contributed by atoms with Crippen molar-refractivity contribution >= 4 is 33.3 Å². The van der Waals surface area contributed by atoms with E-state index in [-0.39, 0.29) is 11.6 Å². The van der Waals surface area contributed by atoms with Gasteiger partial charge in [-0.25, -0.2) is 13.4 Å². The molecule has 3 N–H and O–H groups in total. The first-order chi connectivity index (χ1) is 9.99. The van der Waals surface area contributed by atoms with Crippen LogP contribution in [0.5, 0.6) is 0 Å². The van der Waals surface area contributed by atoms with Crippen LogP contribution in [-0.2, 0) is 9.84 Å². The van der Waals surface area contributed by atoms with Gasteiger partial charge in [0.05, 0.1) is 0 Å².